The molecule has 40 heavy (non-hydrogen) atoms. The molecule has 0 aliphatic heterocycles. The number of hydrogen-bond acceptors (Lipinski definition) is 4. The summed E-state index contributed by atoms with van der Waals surface area (Å²) >= 11 is 19.4. The van der Waals surface area contributed by atoms with Gasteiger partial charge in [-0.25, -0.2) is 4.39 Å². The molecule has 10 heteroatoms. The lowest BCUT2D eigenvalue weighted by Crippen LogP contribution is -2.38. The highest BCUT2D eigenvalue weighted by Gasteiger charge is 2.19. The summed E-state index contributed by atoms with van der Waals surface area (Å²) in [6.07, 6.45) is 1.05. The van der Waals surface area contributed by atoms with Crippen LogP contribution in [0.15, 0.2) is 65.5 Å². The van der Waals surface area contributed by atoms with Gasteiger partial charge in [-0.05, 0) is 73.3 Å². The average molecular weight is 606 g/mol. The largest absolute Gasteiger partial charge is 0.493 e. The molecule has 4 rings (SSSR count). The number of ether oxygens (including phenoxy) is 1. The zero-order valence-corrected chi connectivity index (χ0v) is 24.2. The van der Waals surface area contributed by atoms with E-state index in [2.05, 4.69) is 5.32 Å². The molecule has 0 saturated heterocycles. The van der Waals surface area contributed by atoms with Crippen molar-refractivity contribution < 1.29 is 19.0 Å². The molecule has 1 atom stereocenters. The van der Waals surface area contributed by atoms with Gasteiger partial charge < -0.3 is 15.2 Å². The predicted molar refractivity (Wildman–Crippen MR) is 159 cm³/mol. The lowest BCUT2D eigenvalue weighted by atomic mass is 9.99. The van der Waals surface area contributed by atoms with Crippen LogP contribution < -0.4 is 15.6 Å². The summed E-state index contributed by atoms with van der Waals surface area (Å²) in [5.41, 5.74) is 1.61. The van der Waals surface area contributed by atoms with Crippen molar-refractivity contribution >= 4 is 51.7 Å². The number of carboxylic acid groups (broad SMARTS) is 1. The summed E-state index contributed by atoms with van der Waals surface area (Å²) in [5, 5.41) is 13.9. The molecule has 0 aliphatic rings. The van der Waals surface area contributed by atoms with E-state index in [0.717, 1.165) is 0 Å². The molecule has 210 valence electrons. The van der Waals surface area contributed by atoms with Crippen LogP contribution in [0, 0.1) is 11.7 Å². The Kier molecular flexibility index (Phi) is 9.74. The monoisotopic (exact) mass is 604 g/mol. The average Bonchev–Trinajstić information content (AvgIpc) is 2.88. The number of nitrogens with zero attached hydrogens (tertiary/aromatic N) is 1. The third-order valence-electron chi connectivity index (χ3n) is 6.35. The number of hydrogen-bond donors (Lipinski definition) is 2. The van der Waals surface area contributed by atoms with Crippen molar-refractivity contribution in [1.82, 2.24) is 9.88 Å². The van der Waals surface area contributed by atoms with Crippen LogP contribution >= 0.6 is 34.8 Å². The van der Waals surface area contributed by atoms with Gasteiger partial charge in [0.25, 0.3) is 5.56 Å². The van der Waals surface area contributed by atoms with Crippen LogP contribution in [0.2, 0.25) is 15.1 Å². The Morgan fingerprint density at radius 1 is 1.00 bits per heavy atom. The number of pyridine rings is 1. The number of carboxylic acids is 1. The normalized spacial score (nSPS) is 12.2. The topological polar surface area (TPSA) is 80.6 Å². The summed E-state index contributed by atoms with van der Waals surface area (Å²) in [7, 11) is 0. The number of para-hydroxylation sites is 1. The van der Waals surface area contributed by atoms with E-state index in [1.54, 1.807) is 42.5 Å². The van der Waals surface area contributed by atoms with E-state index >= 15 is 0 Å². The highest BCUT2D eigenvalue weighted by molar-refractivity contribution is 6.38. The number of rotatable bonds is 11. The summed E-state index contributed by atoms with van der Waals surface area (Å²) < 4.78 is 21.4. The van der Waals surface area contributed by atoms with E-state index in [1.807, 2.05) is 13.8 Å². The number of aromatic nitrogens is 1. The van der Waals surface area contributed by atoms with Gasteiger partial charge in [0.15, 0.2) is 0 Å². The Morgan fingerprint density at radius 2 is 1.73 bits per heavy atom. The quantitative estimate of drug-likeness (QED) is 0.172. The van der Waals surface area contributed by atoms with Crippen molar-refractivity contribution in [2.75, 3.05) is 13.2 Å². The molecule has 6 nitrogen and oxygen atoms in total. The summed E-state index contributed by atoms with van der Waals surface area (Å²) in [4.78, 5) is 24.7. The number of benzene rings is 3. The number of carbonyl (C=O) groups is 1. The van der Waals surface area contributed by atoms with Crippen LogP contribution in [0.1, 0.15) is 26.7 Å². The van der Waals surface area contributed by atoms with Crippen LogP contribution in [0.25, 0.3) is 27.7 Å². The fraction of sp³-hybridized carbons (Fsp3) is 0.267. The van der Waals surface area contributed by atoms with Gasteiger partial charge in [-0.2, -0.15) is 0 Å². The van der Waals surface area contributed by atoms with E-state index in [-0.39, 0.29) is 33.2 Å². The van der Waals surface area contributed by atoms with E-state index in [0.29, 0.717) is 52.9 Å². The zero-order valence-electron chi connectivity index (χ0n) is 21.9. The summed E-state index contributed by atoms with van der Waals surface area (Å²) in [6, 6.07) is 15.0. The molecule has 1 heterocycles. The lowest BCUT2D eigenvalue weighted by molar-refractivity contribution is -0.139. The van der Waals surface area contributed by atoms with Crippen LogP contribution in [0.3, 0.4) is 0 Å². The first kappa shape index (κ1) is 29.9. The fourth-order valence-corrected chi connectivity index (χ4v) is 5.38. The van der Waals surface area contributed by atoms with E-state index in [4.69, 9.17) is 39.5 Å². The molecule has 0 spiro atoms. The molecule has 0 aliphatic carbocycles. The highest BCUT2D eigenvalue weighted by Crippen LogP contribution is 2.38. The summed E-state index contributed by atoms with van der Waals surface area (Å²) in [5.74, 6) is -0.693. The van der Waals surface area contributed by atoms with Gasteiger partial charge in [0, 0.05) is 23.1 Å². The zero-order chi connectivity index (χ0) is 29.0. The van der Waals surface area contributed by atoms with Gasteiger partial charge >= 0.3 is 5.97 Å². The SMILES string of the molecule is CC(C)C[C@H](NCCCOc1cc(-c2ccc(F)cc2Cl)c2ccc(=O)n(-c3c(Cl)cccc3Cl)c2c1)C(=O)O. The first-order valence-electron chi connectivity index (χ1n) is 12.8. The second kappa shape index (κ2) is 13.0. The molecule has 1 aromatic heterocycles. The Hall–Kier alpha value is -3.10. The van der Waals surface area contributed by atoms with Crippen molar-refractivity contribution in [3.05, 3.63) is 91.9 Å². The van der Waals surface area contributed by atoms with Crippen molar-refractivity contribution in [1.29, 1.82) is 0 Å². The lowest BCUT2D eigenvalue weighted by Gasteiger charge is -2.18. The van der Waals surface area contributed by atoms with Crippen LogP contribution in [0.5, 0.6) is 5.75 Å². The number of aliphatic carboxylic acids is 1. The first-order chi connectivity index (χ1) is 19.1. The van der Waals surface area contributed by atoms with Crippen molar-refractivity contribution in [2.24, 2.45) is 5.92 Å². The minimum atomic E-state index is -0.888. The molecule has 0 radical (unpaired) electrons. The van der Waals surface area contributed by atoms with Gasteiger partial charge in [-0.15, -0.1) is 0 Å². The van der Waals surface area contributed by atoms with Crippen LogP contribution in [-0.4, -0.2) is 34.8 Å². The first-order valence-corrected chi connectivity index (χ1v) is 13.9. The van der Waals surface area contributed by atoms with Crippen molar-refractivity contribution in [3.63, 3.8) is 0 Å². The predicted octanol–water partition coefficient (Wildman–Crippen LogP) is 7.61. The number of halogens is 4. The molecule has 0 unspecified atom stereocenters. The molecular formula is C30H28Cl3FN2O4. The second-order valence-corrected chi connectivity index (χ2v) is 11.0. The smallest absolute Gasteiger partial charge is 0.320 e. The summed E-state index contributed by atoms with van der Waals surface area (Å²) in [6.45, 7) is 4.66. The van der Waals surface area contributed by atoms with Crippen LogP contribution in [0.4, 0.5) is 4.39 Å². The van der Waals surface area contributed by atoms with E-state index in [9.17, 15) is 19.1 Å². The Morgan fingerprint density at radius 3 is 2.38 bits per heavy atom. The van der Waals surface area contributed by atoms with Gasteiger partial charge in [-0.3, -0.25) is 14.2 Å². The minimum absolute atomic E-state index is 0.195. The highest BCUT2D eigenvalue weighted by atomic mass is 35.5. The molecule has 4 aromatic rings. The maximum absolute atomic E-state index is 13.9. The molecule has 2 N–H and O–H groups in total. The minimum Gasteiger partial charge on any atom is -0.493 e. The maximum atomic E-state index is 13.9. The standard InChI is InChI=1S/C30H28Cl3FN2O4/c1-17(2)13-26(30(38)39)35-11-4-12-40-19-15-22(20-8-7-18(34)14-25(20)33)21-9-10-28(37)36(27(21)16-19)29-23(31)5-3-6-24(29)32/h3,5-10,14-17,26,35H,4,11-13H2,1-2H3,(H,38,39)/t26-/m0/s1. The van der Waals surface area contributed by atoms with E-state index < -0.39 is 17.8 Å². The Balaban J connectivity index is 1.74. The number of nitrogens with one attached hydrogen (secondary N) is 1. The third kappa shape index (κ3) is 6.78. The molecular weight excluding hydrogens is 578 g/mol. The van der Waals surface area contributed by atoms with Crippen molar-refractivity contribution in [2.45, 2.75) is 32.7 Å². The molecule has 0 saturated carbocycles. The van der Waals surface area contributed by atoms with Crippen molar-refractivity contribution in [3.8, 4) is 22.6 Å². The second-order valence-electron chi connectivity index (χ2n) is 9.78. The van der Waals surface area contributed by atoms with Crippen LogP contribution in [-0.2, 0) is 4.79 Å². The fourth-order valence-electron chi connectivity index (χ4n) is 4.55. The van der Waals surface area contributed by atoms with Gasteiger partial charge in [-0.1, -0.05) is 54.7 Å². The number of fused-ring (bicyclic) bond motifs is 1. The molecule has 0 bridgehead atoms. The van der Waals surface area contributed by atoms with Gasteiger partial charge in [0.1, 0.15) is 17.6 Å². The Bertz CT molecular complexity index is 1590. The third-order valence-corrected chi connectivity index (χ3v) is 7.28. The van der Waals surface area contributed by atoms with Gasteiger partial charge in [0.05, 0.1) is 32.9 Å². The van der Waals surface area contributed by atoms with Gasteiger partial charge in [0.2, 0.25) is 0 Å². The molecule has 3 aromatic carbocycles. The van der Waals surface area contributed by atoms with E-state index in [1.165, 1.54) is 22.8 Å². The Labute approximate surface area is 246 Å². The maximum Gasteiger partial charge on any atom is 0.320 e. The molecule has 0 fully saturated rings. The molecule has 0 amide bonds.